The highest BCUT2D eigenvalue weighted by Gasteiger charge is 2.29. The summed E-state index contributed by atoms with van der Waals surface area (Å²) < 4.78 is 11.1. The number of ether oxygens (including phenoxy) is 1. The van der Waals surface area contributed by atoms with Gasteiger partial charge in [0.15, 0.2) is 5.82 Å². The van der Waals surface area contributed by atoms with Crippen LogP contribution in [0.15, 0.2) is 33.7 Å². The first-order chi connectivity index (χ1) is 10.2. The van der Waals surface area contributed by atoms with Gasteiger partial charge in [0.2, 0.25) is 0 Å². The van der Waals surface area contributed by atoms with E-state index in [-0.39, 0.29) is 12.2 Å². The normalized spacial score (nSPS) is 21.8. The molecule has 2 N–H and O–H groups in total. The van der Waals surface area contributed by atoms with E-state index in [4.69, 9.17) is 15.0 Å². The van der Waals surface area contributed by atoms with Gasteiger partial charge in [0, 0.05) is 11.4 Å². The van der Waals surface area contributed by atoms with Crippen molar-refractivity contribution in [2.24, 2.45) is 5.73 Å². The van der Waals surface area contributed by atoms with E-state index in [2.05, 4.69) is 41.3 Å². The standard InChI is InChI=1S/C15H19N3O2S/c1-10-2-5-12(6-3-10)21-9-14-17-15(20-18-14)13-7-4-11(8-16)19-13/h2-3,5-6,11,13H,4,7-9,16H2,1H3. The first kappa shape index (κ1) is 14.6. The monoisotopic (exact) mass is 305 g/mol. The van der Waals surface area contributed by atoms with Gasteiger partial charge in [-0.1, -0.05) is 22.9 Å². The topological polar surface area (TPSA) is 74.2 Å². The third-order valence-electron chi connectivity index (χ3n) is 3.52. The van der Waals surface area contributed by atoms with Crippen molar-refractivity contribution >= 4 is 11.8 Å². The van der Waals surface area contributed by atoms with E-state index in [0.29, 0.717) is 24.0 Å². The largest absolute Gasteiger partial charge is 0.364 e. The van der Waals surface area contributed by atoms with Crippen LogP contribution in [0.25, 0.3) is 0 Å². The second-order valence-corrected chi connectivity index (χ2v) is 6.26. The minimum atomic E-state index is -0.0934. The Hall–Kier alpha value is -1.37. The molecule has 1 aromatic carbocycles. The lowest BCUT2D eigenvalue weighted by atomic mass is 10.2. The van der Waals surface area contributed by atoms with Crippen LogP contribution < -0.4 is 5.73 Å². The van der Waals surface area contributed by atoms with Gasteiger partial charge in [0.25, 0.3) is 5.89 Å². The zero-order valence-corrected chi connectivity index (χ0v) is 12.8. The van der Waals surface area contributed by atoms with Crippen molar-refractivity contribution in [3.8, 4) is 0 Å². The van der Waals surface area contributed by atoms with Gasteiger partial charge in [0.1, 0.15) is 6.10 Å². The number of hydrogen-bond donors (Lipinski definition) is 1. The van der Waals surface area contributed by atoms with Crippen LogP contribution in [0, 0.1) is 6.92 Å². The molecule has 0 amide bonds. The van der Waals surface area contributed by atoms with E-state index in [1.807, 2.05) is 0 Å². The van der Waals surface area contributed by atoms with Crippen molar-refractivity contribution in [3.05, 3.63) is 41.5 Å². The van der Waals surface area contributed by atoms with Gasteiger partial charge in [-0.25, -0.2) is 0 Å². The summed E-state index contributed by atoms with van der Waals surface area (Å²) in [5.74, 6) is 1.97. The maximum Gasteiger partial charge on any atom is 0.255 e. The van der Waals surface area contributed by atoms with Crippen molar-refractivity contribution in [3.63, 3.8) is 0 Å². The average Bonchev–Trinajstić information content (AvgIpc) is 3.15. The van der Waals surface area contributed by atoms with Gasteiger partial charge in [-0.05, 0) is 31.9 Å². The highest BCUT2D eigenvalue weighted by atomic mass is 32.2. The summed E-state index contributed by atoms with van der Waals surface area (Å²) in [5.41, 5.74) is 6.87. The third kappa shape index (κ3) is 3.64. The molecule has 0 bridgehead atoms. The molecular formula is C15H19N3O2S. The Balaban J connectivity index is 1.57. The highest BCUT2D eigenvalue weighted by molar-refractivity contribution is 7.98. The van der Waals surface area contributed by atoms with E-state index >= 15 is 0 Å². The molecule has 5 nitrogen and oxygen atoms in total. The summed E-state index contributed by atoms with van der Waals surface area (Å²) in [5, 5.41) is 4.03. The van der Waals surface area contributed by atoms with Gasteiger partial charge < -0.3 is 15.0 Å². The fourth-order valence-electron chi connectivity index (χ4n) is 2.30. The third-order valence-corrected chi connectivity index (χ3v) is 4.53. The number of benzene rings is 1. The van der Waals surface area contributed by atoms with Crippen molar-refractivity contribution in [2.75, 3.05) is 6.54 Å². The van der Waals surface area contributed by atoms with Crippen LogP contribution in [0.1, 0.15) is 36.2 Å². The fraction of sp³-hybridized carbons (Fsp3) is 0.467. The van der Waals surface area contributed by atoms with Crippen molar-refractivity contribution in [1.82, 2.24) is 10.1 Å². The minimum absolute atomic E-state index is 0.0934. The molecule has 6 heteroatoms. The smallest absolute Gasteiger partial charge is 0.255 e. The van der Waals surface area contributed by atoms with E-state index in [1.54, 1.807) is 11.8 Å². The Morgan fingerprint density at radius 3 is 2.81 bits per heavy atom. The molecule has 1 aromatic heterocycles. The average molecular weight is 305 g/mol. The lowest BCUT2D eigenvalue weighted by Crippen LogP contribution is -2.18. The van der Waals surface area contributed by atoms with Gasteiger partial charge in [0.05, 0.1) is 11.9 Å². The van der Waals surface area contributed by atoms with Crippen LogP contribution in [0.4, 0.5) is 0 Å². The van der Waals surface area contributed by atoms with E-state index in [0.717, 1.165) is 12.8 Å². The second kappa shape index (κ2) is 6.60. The minimum Gasteiger partial charge on any atom is -0.364 e. The molecule has 0 radical (unpaired) electrons. The summed E-state index contributed by atoms with van der Waals surface area (Å²) in [6, 6.07) is 8.41. The van der Waals surface area contributed by atoms with Crippen LogP contribution in [-0.4, -0.2) is 22.8 Å². The molecule has 112 valence electrons. The number of nitrogens with zero attached hydrogens (tertiary/aromatic N) is 2. The first-order valence-electron chi connectivity index (χ1n) is 7.12. The number of hydrogen-bond acceptors (Lipinski definition) is 6. The van der Waals surface area contributed by atoms with E-state index in [1.165, 1.54) is 10.5 Å². The predicted molar refractivity (Wildman–Crippen MR) is 80.9 cm³/mol. The molecule has 2 atom stereocenters. The number of aromatic nitrogens is 2. The van der Waals surface area contributed by atoms with Crippen LogP contribution in [0.3, 0.4) is 0 Å². The second-order valence-electron chi connectivity index (χ2n) is 5.21. The molecule has 1 aliphatic heterocycles. The number of aryl methyl sites for hydroxylation is 1. The highest BCUT2D eigenvalue weighted by Crippen LogP contribution is 2.31. The first-order valence-corrected chi connectivity index (χ1v) is 8.10. The van der Waals surface area contributed by atoms with Crippen LogP contribution in [0.5, 0.6) is 0 Å². The molecule has 1 saturated heterocycles. The summed E-state index contributed by atoms with van der Waals surface area (Å²) in [4.78, 5) is 5.63. The Bertz CT molecular complexity index is 585. The summed E-state index contributed by atoms with van der Waals surface area (Å²) in [7, 11) is 0. The fourth-order valence-corrected chi connectivity index (χ4v) is 3.04. The van der Waals surface area contributed by atoms with E-state index in [9.17, 15) is 0 Å². The van der Waals surface area contributed by atoms with Crippen molar-refractivity contribution < 1.29 is 9.26 Å². The Morgan fingerprint density at radius 2 is 2.10 bits per heavy atom. The van der Waals surface area contributed by atoms with Crippen molar-refractivity contribution in [2.45, 2.75) is 42.6 Å². The molecule has 2 unspecified atom stereocenters. The maximum atomic E-state index is 5.76. The predicted octanol–water partition coefficient (Wildman–Crippen LogP) is 2.85. The molecular weight excluding hydrogens is 286 g/mol. The molecule has 0 aliphatic carbocycles. The molecule has 0 saturated carbocycles. The molecule has 2 aromatic rings. The molecule has 1 fully saturated rings. The molecule has 3 rings (SSSR count). The van der Waals surface area contributed by atoms with Gasteiger partial charge in [-0.3, -0.25) is 0 Å². The van der Waals surface area contributed by atoms with Crippen LogP contribution >= 0.6 is 11.8 Å². The lowest BCUT2D eigenvalue weighted by Gasteiger charge is -2.07. The van der Waals surface area contributed by atoms with Gasteiger partial charge >= 0.3 is 0 Å². The Kier molecular flexibility index (Phi) is 4.57. The summed E-state index contributed by atoms with van der Waals surface area (Å²) in [6.45, 7) is 2.62. The lowest BCUT2D eigenvalue weighted by molar-refractivity contribution is 0.0307. The number of rotatable bonds is 5. The summed E-state index contributed by atoms with van der Waals surface area (Å²) in [6.07, 6.45) is 1.88. The SMILES string of the molecule is Cc1ccc(SCc2noc(C3CCC(CN)O3)n2)cc1. The zero-order chi connectivity index (χ0) is 14.7. The van der Waals surface area contributed by atoms with Crippen LogP contribution in [-0.2, 0) is 10.5 Å². The molecule has 1 aliphatic rings. The molecule has 21 heavy (non-hydrogen) atoms. The van der Waals surface area contributed by atoms with E-state index < -0.39 is 0 Å². The van der Waals surface area contributed by atoms with Crippen molar-refractivity contribution in [1.29, 1.82) is 0 Å². The molecule has 2 heterocycles. The Labute approximate surface area is 128 Å². The summed E-state index contributed by atoms with van der Waals surface area (Å²) >= 11 is 1.70. The number of thioether (sulfide) groups is 1. The zero-order valence-electron chi connectivity index (χ0n) is 12.0. The van der Waals surface area contributed by atoms with Gasteiger partial charge in [-0.2, -0.15) is 4.98 Å². The van der Waals surface area contributed by atoms with Crippen LogP contribution in [0.2, 0.25) is 0 Å². The number of nitrogens with two attached hydrogens (primary N) is 1. The maximum absolute atomic E-state index is 5.76. The van der Waals surface area contributed by atoms with Gasteiger partial charge in [-0.15, -0.1) is 11.8 Å². The quantitative estimate of drug-likeness (QED) is 0.856. The molecule has 0 spiro atoms. The Morgan fingerprint density at radius 1 is 1.29 bits per heavy atom.